The highest BCUT2D eigenvalue weighted by molar-refractivity contribution is 9.10. The first-order chi connectivity index (χ1) is 8.49. The van der Waals surface area contributed by atoms with Crippen LogP contribution < -0.4 is 5.32 Å². The van der Waals surface area contributed by atoms with Gasteiger partial charge < -0.3 is 10.2 Å². The zero-order chi connectivity index (χ0) is 13.3. The van der Waals surface area contributed by atoms with Crippen LogP contribution in [0, 0.1) is 0 Å². The molecule has 0 bridgehead atoms. The third-order valence-electron chi connectivity index (χ3n) is 2.61. The van der Waals surface area contributed by atoms with E-state index in [0.29, 0.717) is 22.4 Å². The molecule has 7 heteroatoms. The van der Waals surface area contributed by atoms with Crippen molar-refractivity contribution in [3.05, 3.63) is 15.9 Å². The average molecular weight is 315 g/mol. The summed E-state index contributed by atoms with van der Waals surface area (Å²) in [6.45, 7) is 5.94. The van der Waals surface area contributed by atoms with Gasteiger partial charge in [0.2, 0.25) is 0 Å². The van der Waals surface area contributed by atoms with Crippen LogP contribution in [0.1, 0.15) is 49.3 Å². The molecule has 2 heterocycles. The molecule has 98 valence electrons. The van der Waals surface area contributed by atoms with Crippen molar-refractivity contribution in [2.75, 3.05) is 0 Å². The maximum atomic E-state index is 12.0. The molecule has 18 heavy (non-hydrogen) atoms. The van der Waals surface area contributed by atoms with Gasteiger partial charge in [0.05, 0.1) is 10.2 Å². The van der Waals surface area contributed by atoms with Crippen molar-refractivity contribution in [1.82, 2.24) is 15.5 Å². The van der Waals surface area contributed by atoms with E-state index in [1.807, 2.05) is 20.8 Å². The predicted octanol–water partition coefficient (Wildman–Crippen LogP) is 2.15. The molecular weight excluding hydrogens is 300 g/mol. The SMILES string of the molecule is CC1CC(NC(=O)c2n[nH]c(C(C)C)c2Br)=NO1. The van der Waals surface area contributed by atoms with Gasteiger partial charge in [0.1, 0.15) is 6.10 Å². The van der Waals surface area contributed by atoms with Crippen molar-refractivity contribution >= 4 is 27.7 Å². The van der Waals surface area contributed by atoms with Crippen molar-refractivity contribution in [2.45, 2.75) is 39.2 Å². The predicted molar refractivity (Wildman–Crippen MR) is 70.4 cm³/mol. The van der Waals surface area contributed by atoms with Gasteiger partial charge in [0.25, 0.3) is 5.91 Å². The fraction of sp³-hybridized carbons (Fsp3) is 0.545. The van der Waals surface area contributed by atoms with E-state index >= 15 is 0 Å². The van der Waals surface area contributed by atoms with E-state index in [1.54, 1.807) is 0 Å². The van der Waals surface area contributed by atoms with E-state index in [1.165, 1.54) is 0 Å². The monoisotopic (exact) mass is 314 g/mol. The summed E-state index contributed by atoms with van der Waals surface area (Å²) in [4.78, 5) is 17.0. The number of hydrogen-bond acceptors (Lipinski definition) is 4. The van der Waals surface area contributed by atoms with Crippen molar-refractivity contribution in [2.24, 2.45) is 5.16 Å². The lowest BCUT2D eigenvalue weighted by atomic mass is 10.1. The van der Waals surface area contributed by atoms with Crippen LogP contribution in [0.25, 0.3) is 0 Å². The lowest BCUT2D eigenvalue weighted by molar-refractivity contribution is 0.0962. The Kier molecular flexibility index (Phi) is 3.70. The number of halogens is 1. The molecular formula is C11H15BrN4O2. The van der Waals surface area contributed by atoms with Crippen LogP contribution >= 0.6 is 15.9 Å². The Balaban J connectivity index is 2.10. The number of oxime groups is 1. The van der Waals surface area contributed by atoms with E-state index in [2.05, 4.69) is 36.6 Å². The Morgan fingerprint density at radius 2 is 2.33 bits per heavy atom. The zero-order valence-electron chi connectivity index (χ0n) is 10.5. The van der Waals surface area contributed by atoms with E-state index < -0.39 is 0 Å². The Labute approximate surface area is 113 Å². The van der Waals surface area contributed by atoms with Gasteiger partial charge in [-0.15, -0.1) is 0 Å². The van der Waals surface area contributed by atoms with Crippen molar-refractivity contribution < 1.29 is 9.63 Å². The molecule has 2 N–H and O–H groups in total. The van der Waals surface area contributed by atoms with Crippen LogP contribution in [-0.4, -0.2) is 28.0 Å². The van der Waals surface area contributed by atoms with Gasteiger partial charge in [-0.2, -0.15) is 5.10 Å². The van der Waals surface area contributed by atoms with Gasteiger partial charge in [-0.3, -0.25) is 9.89 Å². The second-order valence-corrected chi connectivity index (χ2v) is 5.36. The minimum atomic E-state index is -0.290. The highest BCUT2D eigenvalue weighted by atomic mass is 79.9. The quantitative estimate of drug-likeness (QED) is 0.877. The summed E-state index contributed by atoms with van der Waals surface area (Å²) in [6.07, 6.45) is 0.610. The Hall–Kier alpha value is -1.37. The molecule has 0 saturated carbocycles. The summed E-state index contributed by atoms with van der Waals surface area (Å²) in [7, 11) is 0. The summed E-state index contributed by atoms with van der Waals surface area (Å²) in [5.41, 5.74) is 1.24. The zero-order valence-corrected chi connectivity index (χ0v) is 12.0. The number of aromatic amines is 1. The maximum Gasteiger partial charge on any atom is 0.278 e. The van der Waals surface area contributed by atoms with Gasteiger partial charge in [0, 0.05) is 6.42 Å². The molecule has 1 unspecified atom stereocenters. The van der Waals surface area contributed by atoms with Crippen LogP contribution in [0.15, 0.2) is 9.63 Å². The first-order valence-electron chi connectivity index (χ1n) is 5.76. The Morgan fingerprint density at radius 1 is 1.61 bits per heavy atom. The molecule has 0 aliphatic carbocycles. The first-order valence-corrected chi connectivity index (χ1v) is 6.56. The van der Waals surface area contributed by atoms with Crippen molar-refractivity contribution in [3.8, 4) is 0 Å². The molecule has 1 aliphatic heterocycles. The standard InChI is InChI=1S/C11H15BrN4O2/c1-5(2)9-8(12)10(15-14-9)11(17)13-7-4-6(3)18-16-7/h5-6H,4H2,1-3H3,(H,14,15)(H,13,16,17). The van der Waals surface area contributed by atoms with Crippen molar-refractivity contribution in [3.63, 3.8) is 0 Å². The summed E-state index contributed by atoms with van der Waals surface area (Å²) in [5, 5.41) is 13.4. The minimum Gasteiger partial charge on any atom is -0.391 e. The van der Waals surface area contributed by atoms with Crippen LogP contribution in [0.3, 0.4) is 0 Å². The molecule has 0 aromatic carbocycles. The van der Waals surface area contributed by atoms with Crippen LogP contribution in [0.5, 0.6) is 0 Å². The fourth-order valence-electron chi connectivity index (χ4n) is 1.64. The number of carbonyl (C=O) groups is 1. The molecule has 0 saturated heterocycles. The molecule has 0 radical (unpaired) electrons. The highest BCUT2D eigenvalue weighted by Gasteiger charge is 2.23. The molecule has 6 nitrogen and oxygen atoms in total. The van der Waals surface area contributed by atoms with Gasteiger partial charge in [-0.05, 0) is 28.8 Å². The first kappa shape index (κ1) is 13.1. The van der Waals surface area contributed by atoms with E-state index in [9.17, 15) is 4.79 Å². The lowest BCUT2D eigenvalue weighted by Crippen LogP contribution is -2.30. The second-order valence-electron chi connectivity index (χ2n) is 4.57. The molecule has 0 spiro atoms. The van der Waals surface area contributed by atoms with Crippen LogP contribution in [-0.2, 0) is 4.84 Å². The van der Waals surface area contributed by atoms with Crippen LogP contribution in [0.4, 0.5) is 0 Å². The topological polar surface area (TPSA) is 79.4 Å². The average Bonchev–Trinajstić information content (AvgIpc) is 2.85. The molecule has 1 amide bonds. The van der Waals surface area contributed by atoms with Gasteiger partial charge in [-0.1, -0.05) is 19.0 Å². The van der Waals surface area contributed by atoms with E-state index in [0.717, 1.165) is 5.69 Å². The number of amides is 1. The molecule has 0 fully saturated rings. The maximum absolute atomic E-state index is 12.0. The smallest absolute Gasteiger partial charge is 0.278 e. The molecule has 1 atom stereocenters. The third kappa shape index (κ3) is 2.55. The summed E-state index contributed by atoms with van der Waals surface area (Å²) in [6, 6.07) is 0. The second kappa shape index (κ2) is 5.09. The van der Waals surface area contributed by atoms with Gasteiger partial charge >= 0.3 is 0 Å². The molecule has 2 rings (SSSR count). The number of hydrogen-bond donors (Lipinski definition) is 2. The van der Waals surface area contributed by atoms with Gasteiger partial charge in [0.15, 0.2) is 11.5 Å². The summed E-state index contributed by atoms with van der Waals surface area (Å²) in [5.74, 6) is 0.510. The van der Waals surface area contributed by atoms with Crippen LogP contribution in [0.2, 0.25) is 0 Å². The fourth-order valence-corrected chi connectivity index (χ4v) is 2.45. The number of H-pyrrole nitrogens is 1. The summed E-state index contributed by atoms with van der Waals surface area (Å²) < 4.78 is 0.697. The normalized spacial score (nSPS) is 18.7. The Bertz CT molecular complexity index is 495. The number of carbonyl (C=O) groups excluding carboxylic acids is 1. The van der Waals surface area contributed by atoms with E-state index in [4.69, 9.17) is 4.84 Å². The number of aromatic nitrogens is 2. The van der Waals surface area contributed by atoms with Crippen molar-refractivity contribution in [1.29, 1.82) is 0 Å². The molecule has 1 aromatic heterocycles. The van der Waals surface area contributed by atoms with E-state index in [-0.39, 0.29) is 17.9 Å². The largest absolute Gasteiger partial charge is 0.391 e. The molecule has 1 aromatic rings. The minimum absolute atomic E-state index is 0.00847. The number of rotatable bonds is 2. The summed E-state index contributed by atoms with van der Waals surface area (Å²) >= 11 is 3.39. The molecule has 1 aliphatic rings. The Morgan fingerprint density at radius 3 is 2.83 bits per heavy atom. The number of nitrogens with one attached hydrogen (secondary N) is 2. The number of nitrogens with zero attached hydrogens (tertiary/aromatic N) is 2. The van der Waals surface area contributed by atoms with Gasteiger partial charge in [-0.25, -0.2) is 0 Å². The highest BCUT2D eigenvalue weighted by Crippen LogP contribution is 2.25. The lowest BCUT2D eigenvalue weighted by Gasteiger charge is -2.02. The number of amidine groups is 1. The third-order valence-corrected chi connectivity index (χ3v) is 3.41.